The van der Waals surface area contributed by atoms with Crippen LogP contribution in [0.15, 0.2) is 24.4 Å². The summed E-state index contributed by atoms with van der Waals surface area (Å²) >= 11 is 5.87. The van der Waals surface area contributed by atoms with Crippen molar-refractivity contribution < 1.29 is 4.79 Å². The molecule has 0 radical (unpaired) electrons. The van der Waals surface area contributed by atoms with Crippen molar-refractivity contribution in [3.05, 3.63) is 46.4 Å². The number of nitrogen functional groups attached to an aromatic ring is 1. The number of nitrogens with zero attached hydrogens (tertiary/aromatic N) is 2. The number of rotatable bonds is 2. The predicted octanol–water partition coefficient (Wildman–Crippen LogP) is 2.58. The van der Waals surface area contributed by atoms with Crippen molar-refractivity contribution in [2.24, 2.45) is 0 Å². The highest BCUT2D eigenvalue weighted by Gasteiger charge is 2.13. The number of nitrogens with one attached hydrogen (secondary N) is 1. The molecule has 2 aromatic heterocycles. The molecule has 19 heavy (non-hydrogen) atoms. The van der Waals surface area contributed by atoms with Gasteiger partial charge in [-0.2, -0.15) is 0 Å². The first-order chi connectivity index (χ1) is 8.95. The number of amides is 1. The van der Waals surface area contributed by atoms with E-state index in [-0.39, 0.29) is 16.6 Å². The average molecular weight is 277 g/mol. The molecule has 0 saturated heterocycles. The standard InChI is InChI=1S/C13H13ClN4O/c1-7-3-8(2)17-11(4-7)18-13(19)10-5-9(15)6-16-12(10)14/h3-6H,15H2,1-2H3,(H,17,18,19). The average Bonchev–Trinajstić information content (AvgIpc) is 2.30. The van der Waals surface area contributed by atoms with Crippen molar-refractivity contribution in [2.75, 3.05) is 11.1 Å². The van der Waals surface area contributed by atoms with Crippen LogP contribution in [0.4, 0.5) is 11.5 Å². The summed E-state index contributed by atoms with van der Waals surface area (Å²) in [7, 11) is 0. The molecule has 6 heteroatoms. The summed E-state index contributed by atoms with van der Waals surface area (Å²) < 4.78 is 0. The van der Waals surface area contributed by atoms with Crippen LogP contribution in [0.3, 0.4) is 0 Å². The molecule has 0 bridgehead atoms. The van der Waals surface area contributed by atoms with E-state index in [9.17, 15) is 4.79 Å². The first-order valence-corrected chi connectivity index (χ1v) is 6.01. The summed E-state index contributed by atoms with van der Waals surface area (Å²) in [5.41, 5.74) is 8.03. The number of anilines is 2. The minimum atomic E-state index is -0.387. The smallest absolute Gasteiger partial charge is 0.260 e. The molecule has 1 amide bonds. The second kappa shape index (κ2) is 5.24. The molecule has 0 aliphatic heterocycles. The fraction of sp³-hybridized carbons (Fsp3) is 0.154. The zero-order valence-electron chi connectivity index (χ0n) is 10.6. The Kier molecular flexibility index (Phi) is 3.66. The van der Waals surface area contributed by atoms with Crippen LogP contribution in [0.1, 0.15) is 21.6 Å². The van der Waals surface area contributed by atoms with Gasteiger partial charge in [-0.25, -0.2) is 9.97 Å². The molecule has 0 aromatic carbocycles. The van der Waals surface area contributed by atoms with E-state index in [0.29, 0.717) is 11.5 Å². The summed E-state index contributed by atoms with van der Waals surface area (Å²) in [5, 5.41) is 2.79. The third kappa shape index (κ3) is 3.20. The fourth-order valence-electron chi connectivity index (χ4n) is 1.71. The monoisotopic (exact) mass is 276 g/mol. The highest BCUT2D eigenvalue weighted by molar-refractivity contribution is 6.33. The van der Waals surface area contributed by atoms with E-state index in [1.54, 1.807) is 6.07 Å². The number of carbonyl (C=O) groups excluding carboxylic acids is 1. The molecule has 2 rings (SSSR count). The van der Waals surface area contributed by atoms with Gasteiger partial charge in [0.2, 0.25) is 0 Å². The first kappa shape index (κ1) is 13.3. The molecule has 0 spiro atoms. The lowest BCUT2D eigenvalue weighted by Gasteiger charge is -2.08. The van der Waals surface area contributed by atoms with Gasteiger partial charge in [-0.1, -0.05) is 11.6 Å². The molecule has 0 fully saturated rings. The van der Waals surface area contributed by atoms with Crippen molar-refractivity contribution in [1.82, 2.24) is 9.97 Å². The molecular formula is C13H13ClN4O. The van der Waals surface area contributed by atoms with E-state index in [2.05, 4.69) is 15.3 Å². The second-order valence-electron chi connectivity index (χ2n) is 4.23. The van der Waals surface area contributed by atoms with Crippen LogP contribution < -0.4 is 11.1 Å². The summed E-state index contributed by atoms with van der Waals surface area (Å²) in [6.07, 6.45) is 1.40. The molecule has 2 aromatic rings. The number of aromatic nitrogens is 2. The van der Waals surface area contributed by atoms with Gasteiger partial charge < -0.3 is 11.1 Å². The zero-order chi connectivity index (χ0) is 14.0. The number of carbonyl (C=O) groups is 1. The van der Waals surface area contributed by atoms with E-state index >= 15 is 0 Å². The normalized spacial score (nSPS) is 10.3. The predicted molar refractivity (Wildman–Crippen MR) is 75.3 cm³/mol. The summed E-state index contributed by atoms with van der Waals surface area (Å²) in [6, 6.07) is 5.18. The Morgan fingerprint density at radius 3 is 2.74 bits per heavy atom. The summed E-state index contributed by atoms with van der Waals surface area (Å²) in [6.45, 7) is 3.79. The number of nitrogens with two attached hydrogens (primary N) is 1. The van der Waals surface area contributed by atoms with Crippen LogP contribution in [0.25, 0.3) is 0 Å². The van der Waals surface area contributed by atoms with Crippen LogP contribution in [-0.4, -0.2) is 15.9 Å². The van der Waals surface area contributed by atoms with Crippen LogP contribution in [0.2, 0.25) is 5.15 Å². The first-order valence-electron chi connectivity index (χ1n) is 5.63. The van der Waals surface area contributed by atoms with Crippen LogP contribution >= 0.6 is 11.6 Å². The zero-order valence-corrected chi connectivity index (χ0v) is 11.3. The summed E-state index contributed by atoms with van der Waals surface area (Å²) in [5.74, 6) is 0.0864. The minimum Gasteiger partial charge on any atom is -0.397 e. The maximum Gasteiger partial charge on any atom is 0.260 e. The Morgan fingerprint density at radius 2 is 2.05 bits per heavy atom. The van der Waals surface area contributed by atoms with Gasteiger partial charge in [0, 0.05) is 5.69 Å². The lowest BCUT2D eigenvalue weighted by molar-refractivity contribution is 0.102. The number of pyridine rings is 2. The largest absolute Gasteiger partial charge is 0.397 e. The van der Waals surface area contributed by atoms with Gasteiger partial charge in [-0.05, 0) is 37.6 Å². The Labute approximate surface area is 115 Å². The highest BCUT2D eigenvalue weighted by Crippen LogP contribution is 2.17. The Hall–Kier alpha value is -2.14. The highest BCUT2D eigenvalue weighted by atomic mass is 35.5. The van der Waals surface area contributed by atoms with Gasteiger partial charge in [-0.3, -0.25) is 4.79 Å². The van der Waals surface area contributed by atoms with E-state index in [0.717, 1.165) is 11.3 Å². The van der Waals surface area contributed by atoms with Gasteiger partial charge in [-0.15, -0.1) is 0 Å². The lowest BCUT2D eigenvalue weighted by atomic mass is 10.2. The van der Waals surface area contributed by atoms with Crippen LogP contribution in [0, 0.1) is 13.8 Å². The molecule has 0 aliphatic rings. The van der Waals surface area contributed by atoms with Crippen LogP contribution in [0.5, 0.6) is 0 Å². The van der Waals surface area contributed by atoms with Crippen molar-refractivity contribution in [2.45, 2.75) is 13.8 Å². The van der Waals surface area contributed by atoms with Crippen molar-refractivity contribution >= 4 is 29.0 Å². The van der Waals surface area contributed by atoms with Gasteiger partial charge in [0.25, 0.3) is 5.91 Å². The molecule has 3 N–H and O–H groups in total. The van der Waals surface area contributed by atoms with Crippen molar-refractivity contribution in [3.63, 3.8) is 0 Å². The second-order valence-corrected chi connectivity index (χ2v) is 4.59. The van der Waals surface area contributed by atoms with Gasteiger partial charge in [0.15, 0.2) is 0 Å². The Balaban J connectivity index is 2.28. The summed E-state index contributed by atoms with van der Waals surface area (Å²) in [4.78, 5) is 20.1. The van der Waals surface area contributed by atoms with Crippen molar-refractivity contribution in [1.29, 1.82) is 0 Å². The SMILES string of the molecule is Cc1cc(C)nc(NC(=O)c2cc(N)cnc2Cl)c1. The van der Waals surface area contributed by atoms with Gasteiger partial charge in [0.05, 0.1) is 17.4 Å². The third-order valence-electron chi connectivity index (χ3n) is 2.44. The number of hydrogen-bond acceptors (Lipinski definition) is 4. The molecule has 98 valence electrons. The number of aryl methyl sites for hydroxylation is 2. The van der Waals surface area contributed by atoms with Crippen molar-refractivity contribution in [3.8, 4) is 0 Å². The van der Waals surface area contributed by atoms with E-state index in [1.165, 1.54) is 12.3 Å². The topological polar surface area (TPSA) is 80.9 Å². The lowest BCUT2D eigenvalue weighted by Crippen LogP contribution is -2.14. The van der Waals surface area contributed by atoms with E-state index < -0.39 is 0 Å². The van der Waals surface area contributed by atoms with Crippen LogP contribution in [-0.2, 0) is 0 Å². The Morgan fingerprint density at radius 1 is 1.32 bits per heavy atom. The molecule has 0 atom stereocenters. The van der Waals surface area contributed by atoms with Gasteiger partial charge in [0.1, 0.15) is 11.0 Å². The minimum absolute atomic E-state index is 0.107. The maximum absolute atomic E-state index is 12.1. The fourth-order valence-corrected chi connectivity index (χ4v) is 1.90. The van der Waals surface area contributed by atoms with Gasteiger partial charge >= 0.3 is 0 Å². The molecule has 5 nitrogen and oxygen atoms in total. The molecule has 0 aliphatic carbocycles. The Bertz CT molecular complexity index is 622. The number of hydrogen-bond donors (Lipinski definition) is 2. The number of halogens is 1. The molecular weight excluding hydrogens is 264 g/mol. The molecule has 0 saturated carbocycles. The van der Waals surface area contributed by atoms with E-state index in [4.69, 9.17) is 17.3 Å². The molecule has 0 unspecified atom stereocenters. The third-order valence-corrected chi connectivity index (χ3v) is 2.75. The molecule has 2 heterocycles. The maximum atomic E-state index is 12.1. The quantitative estimate of drug-likeness (QED) is 0.826. The van der Waals surface area contributed by atoms with E-state index in [1.807, 2.05) is 19.9 Å².